The zero-order chi connectivity index (χ0) is 17.5. The van der Waals surface area contributed by atoms with Crippen molar-refractivity contribution in [3.63, 3.8) is 0 Å². The second-order valence-electron chi connectivity index (χ2n) is 7.24. The van der Waals surface area contributed by atoms with Gasteiger partial charge in [-0.1, -0.05) is 23.8 Å². The molecule has 1 saturated heterocycles. The summed E-state index contributed by atoms with van der Waals surface area (Å²) in [5.74, 6) is -0.312. The van der Waals surface area contributed by atoms with Crippen molar-refractivity contribution < 1.29 is 14.3 Å². The van der Waals surface area contributed by atoms with E-state index in [1.54, 1.807) is 0 Å². The van der Waals surface area contributed by atoms with Gasteiger partial charge in [0.05, 0.1) is 25.0 Å². The fourth-order valence-electron chi connectivity index (χ4n) is 4.00. The Hall–Kier alpha value is -1.62. The Morgan fingerprint density at radius 3 is 2.60 bits per heavy atom. The number of hydrogen-bond donors (Lipinski definition) is 1. The third-order valence-corrected chi connectivity index (χ3v) is 5.54. The van der Waals surface area contributed by atoms with Gasteiger partial charge in [0.25, 0.3) is 0 Å². The first-order valence-electron chi connectivity index (χ1n) is 9.73. The lowest BCUT2D eigenvalue weighted by atomic mass is 9.81. The zero-order valence-corrected chi connectivity index (χ0v) is 15.0. The molecule has 0 unspecified atom stereocenters. The molecule has 5 nitrogen and oxygen atoms in total. The summed E-state index contributed by atoms with van der Waals surface area (Å²) in [6.45, 7) is 3.16. The van der Waals surface area contributed by atoms with Gasteiger partial charge in [-0.2, -0.15) is 0 Å². The van der Waals surface area contributed by atoms with E-state index < -0.39 is 0 Å². The minimum absolute atomic E-state index is 0.0346. The summed E-state index contributed by atoms with van der Waals surface area (Å²) in [5, 5.41) is 3.08. The van der Waals surface area contributed by atoms with E-state index in [0.29, 0.717) is 45.7 Å². The topological polar surface area (TPSA) is 58.6 Å². The molecular weight excluding hydrogens is 316 g/mol. The minimum atomic E-state index is -0.235. The number of hydrogen-bond acceptors (Lipinski definition) is 3. The van der Waals surface area contributed by atoms with E-state index in [2.05, 4.69) is 11.4 Å². The van der Waals surface area contributed by atoms with Crippen LogP contribution in [0.15, 0.2) is 23.8 Å². The largest absolute Gasteiger partial charge is 0.378 e. The number of morpholine rings is 1. The summed E-state index contributed by atoms with van der Waals surface area (Å²) in [5.41, 5.74) is 1.47. The lowest BCUT2D eigenvalue weighted by Gasteiger charge is -2.34. The number of amides is 2. The maximum absolute atomic E-state index is 12.8. The first-order chi connectivity index (χ1) is 12.3. The van der Waals surface area contributed by atoms with Crippen LogP contribution < -0.4 is 5.32 Å². The van der Waals surface area contributed by atoms with Gasteiger partial charge >= 0.3 is 0 Å². The molecule has 5 heteroatoms. The molecule has 1 N–H and O–H groups in total. The third kappa shape index (κ3) is 4.94. The van der Waals surface area contributed by atoms with Crippen LogP contribution in [-0.2, 0) is 14.3 Å². The highest BCUT2D eigenvalue weighted by Gasteiger charge is 2.36. The van der Waals surface area contributed by atoms with E-state index in [-0.39, 0.29) is 23.7 Å². The number of nitrogens with zero attached hydrogens (tertiary/aromatic N) is 1. The molecule has 0 aromatic rings. The Labute approximate surface area is 150 Å². The van der Waals surface area contributed by atoms with Crippen LogP contribution in [-0.4, -0.2) is 49.6 Å². The average molecular weight is 346 g/mol. The number of carbonyl (C=O) groups is 2. The van der Waals surface area contributed by atoms with E-state index in [4.69, 9.17) is 4.74 Å². The van der Waals surface area contributed by atoms with E-state index >= 15 is 0 Å². The van der Waals surface area contributed by atoms with Gasteiger partial charge in [-0.05, 0) is 44.9 Å². The van der Waals surface area contributed by atoms with Crippen LogP contribution >= 0.6 is 0 Å². The predicted octanol–water partition coefficient (Wildman–Crippen LogP) is 2.43. The highest BCUT2D eigenvalue weighted by Crippen LogP contribution is 2.28. The number of allylic oxidation sites excluding steroid dienone is 3. The average Bonchev–Trinajstić information content (AvgIpc) is 2.69. The van der Waals surface area contributed by atoms with Gasteiger partial charge in [-0.25, -0.2) is 0 Å². The molecule has 2 atom stereocenters. The van der Waals surface area contributed by atoms with Crippen LogP contribution in [0.5, 0.6) is 0 Å². The maximum atomic E-state index is 12.8. The molecule has 3 aliphatic rings. The van der Waals surface area contributed by atoms with Gasteiger partial charge in [0.2, 0.25) is 11.8 Å². The minimum Gasteiger partial charge on any atom is -0.378 e. The number of rotatable bonds is 5. The summed E-state index contributed by atoms with van der Waals surface area (Å²) in [4.78, 5) is 27.4. The van der Waals surface area contributed by atoms with Crippen molar-refractivity contribution in [1.82, 2.24) is 10.2 Å². The quantitative estimate of drug-likeness (QED) is 0.778. The Morgan fingerprint density at radius 2 is 1.88 bits per heavy atom. The molecule has 0 spiro atoms. The Morgan fingerprint density at radius 1 is 1.12 bits per heavy atom. The standard InChI is InChI=1S/C20H30N2O3/c23-19(21-11-10-16-6-2-1-3-7-16)17-8-4-5-9-18(17)20(24)22-12-14-25-15-13-22/h4-6,17-18H,1-3,7-15H2,(H,21,23)/t17-,18+/m1/s1. The van der Waals surface area contributed by atoms with Crippen LogP contribution in [0.1, 0.15) is 44.9 Å². The van der Waals surface area contributed by atoms with Crippen molar-refractivity contribution >= 4 is 11.8 Å². The van der Waals surface area contributed by atoms with E-state index in [0.717, 1.165) is 6.42 Å². The molecule has 1 fully saturated rings. The van der Waals surface area contributed by atoms with E-state index in [1.807, 2.05) is 17.1 Å². The van der Waals surface area contributed by atoms with Gasteiger partial charge in [-0.3, -0.25) is 9.59 Å². The first kappa shape index (κ1) is 18.2. The van der Waals surface area contributed by atoms with Crippen molar-refractivity contribution in [3.05, 3.63) is 23.8 Å². The highest BCUT2D eigenvalue weighted by molar-refractivity contribution is 5.88. The molecule has 0 bridgehead atoms. The lowest BCUT2D eigenvalue weighted by molar-refractivity contribution is -0.145. The third-order valence-electron chi connectivity index (χ3n) is 5.54. The van der Waals surface area contributed by atoms with Crippen molar-refractivity contribution in [3.8, 4) is 0 Å². The second kappa shape index (κ2) is 9.18. The monoisotopic (exact) mass is 346 g/mol. The summed E-state index contributed by atoms with van der Waals surface area (Å²) < 4.78 is 5.33. The lowest BCUT2D eigenvalue weighted by Crippen LogP contribution is -2.48. The van der Waals surface area contributed by atoms with Crippen LogP contribution in [0, 0.1) is 11.8 Å². The van der Waals surface area contributed by atoms with Crippen LogP contribution in [0.3, 0.4) is 0 Å². The molecule has 0 saturated carbocycles. The summed E-state index contributed by atoms with van der Waals surface area (Å²) in [6, 6.07) is 0. The SMILES string of the molecule is O=C(NCCC1=CCCCC1)[C@@H]1CC=CC[C@@H]1C(=O)N1CCOCC1. The van der Waals surface area contributed by atoms with Crippen molar-refractivity contribution in [2.24, 2.45) is 11.8 Å². The maximum Gasteiger partial charge on any atom is 0.226 e. The number of ether oxygens (including phenoxy) is 1. The second-order valence-corrected chi connectivity index (χ2v) is 7.24. The van der Waals surface area contributed by atoms with Crippen molar-refractivity contribution in [1.29, 1.82) is 0 Å². The van der Waals surface area contributed by atoms with E-state index in [9.17, 15) is 9.59 Å². The molecular formula is C20H30N2O3. The number of carbonyl (C=O) groups excluding carboxylic acids is 2. The zero-order valence-electron chi connectivity index (χ0n) is 15.0. The molecule has 0 radical (unpaired) electrons. The van der Waals surface area contributed by atoms with E-state index in [1.165, 1.54) is 31.3 Å². The van der Waals surface area contributed by atoms with Crippen molar-refractivity contribution in [2.75, 3.05) is 32.8 Å². The fourth-order valence-corrected chi connectivity index (χ4v) is 4.00. The molecule has 1 aliphatic heterocycles. The number of nitrogens with one attached hydrogen (secondary N) is 1. The van der Waals surface area contributed by atoms with Crippen molar-refractivity contribution in [2.45, 2.75) is 44.9 Å². The smallest absolute Gasteiger partial charge is 0.226 e. The molecule has 3 rings (SSSR count). The van der Waals surface area contributed by atoms with Gasteiger partial charge in [0.1, 0.15) is 0 Å². The van der Waals surface area contributed by atoms with Gasteiger partial charge in [0.15, 0.2) is 0 Å². The fraction of sp³-hybridized carbons (Fsp3) is 0.700. The summed E-state index contributed by atoms with van der Waals surface area (Å²) in [6.07, 6.45) is 13.6. The van der Waals surface area contributed by atoms with Crippen LogP contribution in [0.2, 0.25) is 0 Å². The summed E-state index contributed by atoms with van der Waals surface area (Å²) >= 11 is 0. The molecule has 2 amide bonds. The molecule has 1 heterocycles. The van der Waals surface area contributed by atoms with Crippen LogP contribution in [0.25, 0.3) is 0 Å². The van der Waals surface area contributed by atoms with Crippen LogP contribution in [0.4, 0.5) is 0 Å². The highest BCUT2D eigenvalue weighted by atomic mass is 16.5. The Kier molecular flexibility index (Phi) is 6.68. The molecule has 0 aromatic heterocycles. The summed E-state index contributed by atoms with van der Waals surface area (Å²) in [7, 11) is 0. The van der Waals surface area contributed by atoms with Gasteiger partial charge in [-0.15, -0.1) is 0 Å². The molecule has 25 heavy (non-hydrogen) atoms. The predicted molar refractivity (Wildman–Crippen MR) is 96.9 cm³/mol. The van der Waals surface area contributed by atoms with Gasteiger partial charge < -0.3 is 15.0 Å². The normalized spacial score (nSPS) is 26.9. The molecule has 0 aromatic carbocycles. The first-order valence-corrected chi connectivity index (χ1v) is 9.73. The molecule has 138 valence electrons. The van der Waals surface area contributed by atoms with Gasteiger partial charge in [0, 0.05) is 19.6 Å². The molecule has 2 aliphatic carbocycles. The Bertz CT molecular complexity index is 535. The Balaban J connectivity index is 1.52.